The number of nitrogens with one attached hydrogen (secondary N) is 1. The van der Waals surface area contributed by atoms with E-state index in [1.165, 1.54) is 12.8 Å². The Hall–Kier alpha value is -0.870. The highest BCUT2D eigenvalue weighted by atomic mass is 16.4. The Bertz CT molecular complexity index is 346. The van der Waals surface area contributed by atoms with Crippen molar-refractivity contribution in [2.24, 2.45) is 0 Å². The maximum atomic E-state index is 10.2. The summed E-state index contributed by atoms with van der Waals surface area (Å²) in [6.45, 7) is 0.988. The molecule has 2 N–H and O–H groups in total. The number of hydrogen-bond donors (Lipinski definition) is 2. The van der Waals surface area contributed by atoms with Crippen molar-refractivity contribution in [1.82, 2.24) is 10.3 Å². The van der Waals surface area contributed by atoms with Gasteiger partial charge in [0.1, 0.15) is 11.9 Å². The molecule has 2 unspecified atom stereocenters. The minimum absolute atomic E-state index is 0.125. The summed E-state index contributed by atoms with van der Waals surface area (Å²) >= 11 is 0. The van der Waals surface area contributed by atoms with Crippen molar-refractivity contribution in [3.05, 3.63) is 17.3 Å². The first-order valence-electron chi connectivity index (χ1n) is 6.24. The number of aliphatic hydroxyl groups excluding tert-OH is 1. The van der Waals surface area contributed by atoms with Crippen LogP contribution in [-0.2, 0) is 12.8 Å². The van der Waals surface area contributed by atoms with Crippen molar-refractivity contribution in [2.75, 3.05) is 6.54 Å². The molecule has 16 heavy (non-hydrogen) atoms. The molecule has 1 aliphatic carbocycles. The number of aliphatic hydroxyl groups is 1. The van der Waals surface area contributed by atoms with E-state index in [1.807, 2.05) is 0 Å². The summed E-state index contributed by atoms with van der Waals surface area (Å²) in [5, 5.41) is 13.4. The zero-order valence-electron chi connectivity index (χ0n) is 9.41. The van der Waals surface area contributed by atoms with Gasteiger partial charge in [-0.15, -0.1) is 0 Å². The third-order valence-corrected chi connectivity index (χ3v) is 3.59. The lowest BCUT2D eigenvalue weighted by Crippen LogP contribution is -2.28. The fourth-order valence-corrected chi connectivity index (χ4v) is 2.65. The van der Waals surface area contributed by atoms with Crippen molar-refractivity contribution >= 4 is 0 Å². The van der Waals surface area contributed by atoms with Gasteiger partial charge in [-0.2, -0.15) is 0 Å². The fourth-order valence-electron chi connectivity index (χ4n) is 2.65. The van der Waals surface area contributed by atoms with E-state index in [-0.39, 0.29) is 6.04 Å². The first-order chi connectivity index (χ1) is 7.84. The second-order valence-electron chi connectivity index (χ2n) is 4.78. The number of rotatable bonds is 2. The van der Waals surface area contributed by atoms with Gasteiger partial charge in [0, 0.05) is 12.5 Å². The van der Waals surface area contributed by atoms with Crippen LogP contribution in [-0.4, -0.2) is 22.7 Å². The van der Waals surface area contributed by atoms with Crippen LogP contribution in [0.5, 0.6) is 0 Å². The van der Waals surface area contributed by atoms with Gasteiger partial charge >= 0.3 is 0 Å². The molecule has 0 spiro atoms. The quantitative estimate of drug-likeness (QED) is 0.792. The molecule has 0 radical (unpaired) electrons. The highest BCUT2D eigenvalue weighted by molar-refractivity contribution is 5.14. The number of aryl methyl sites for hydroxylation is 2. The van der Waals surface area contributed by atoms with E-state index in [0.29, 0.717) is 5.89 Å². The maximum absolute atomic E-state index is 10.2. The molecule has 1 saturated heterocycles. The summed E-state index contributed by atoms with van der Waals surface area (Å²) in [5.41, 5.74) is 1.07. The number of hydrogen-bond acceptors (Lipinski definition) is 4. The highest BCUT2D eigenvalue weighted by Crippen LogP contribution is 2.27. The Morgan fingerprint density at radius 2 is 2.19 bits per heavy atom. The first-order valence-corrected chi connectivity index (χ1v) is 6.24. The fraction of sp³-hybridized carbons (Fsp3) is 0.750. The molecule has 2 aliphatic rings. The topological polar surface area (TPSA) is 58.3 Å². The molecule has 0 saturated carbocycles. The predicted octanol–water partition coefficient (Wildman–Crippen LogP) is 1.34. The van der Waals surface area contributed by atoms with Gasteiger partial charge in [-0.3, -0.25) is 0 Å². The van der Waals surface area contributed by atoms with Crippen molar-refractivity contribution in [3.8, 4) is 0 Å². The van der Waals surface area contributed by atoms with Crippen molar-refractivity contribution in [1.29, 1.82) is 0 Å². The lowest BCUT2D eigenvalue weighted by molar-refractivity contribution is 0.106. The largest absolute Gasteiger partial charge is 0.443 e. The van der Waals surface area contributed by atoms with E-state index >= 15 is 0 Å². The van der Waals surface area contributed by atoms with Gasteiger partial charge in [0.05, 0.1) is 5.69 Å². The molecule has 0 aromatic carbocycles. The summed E-state index contributed by atoms with van der Waals surface area (Å²) in [5.74, 6) is 1.52. The van der Waals surface area contributed by atoms with Crippen LogP contribution in [0.25, 0.3) is 0 Å². The molecular formula is C12H18N2O2. The summed E-state index contributed by atoms with van der Waals surface area (Å²) < 4.78 is 5.68. The van der Waals surface area contributed by atoms with Crippen molar-refractivity contribution in [3.63, 3.8) is 0 Å². The molecular weight excluding hydrogens is 204 g/mol. The Morgan fingerprint density at radius 3 is 2.94 bits per heavy atom. The van der Waals surface area contributed by atoms with Crippen LogP contribution in [0.1, 0.15) is 49.1 Å². The van der Waals surface area contributed by atoms with Crippen molar-refractivity contribution < 1.29 is 9.52 Å². The molecule has 1 fully saturated rings. The monoisotopic (exact) mass is 222 g/mol. The Labute approximate surface area is 95.1 Å². The predicted molar refractivity (Wildman–Crippen MR) is 59.1 cm³/mol. The van der Waals surface area contributed by atoms with E-state index < -0.39 is 6.10 Å². The Balaban J connectivity index is 1.80. The third-order valence-electron chi connectivity index (χ3n) is 3.59. The van der Waals surface area contributed by atoms with Crippen LogP contribution in [0, 0.1) is 0 Å². The minimum Gasteiger partial charge on any atom is -0.443 e. The van der Waals surface area contributed by atoms with Gasteiger partial charge in [-0.05, 0) is 38.6 Å². The Morgan fingerprint density at radius 1 is 1.31 bits per heavy atom. The average molecular weight is 222 g/mol. The maximum Gasteiger partial charge on any atom is 0.225 e. The van der Waals surface area contributed by atoms with E-state index in [4.69, 9.17) is 4.42 Å². The molecule has 1 aliphatic heterocycles. The molecule has 88 valence electrons. The molecule has 0 amide bonds. The van der Waals surface area contributed by atoms with Crippen LogP contribution in [0.3, 0.4) is 0 Å². The SMILES string of the molecule is OC(c1nc2c(o1)CCCC2)C1CCCN1. The second-order valence-corrected chi connectivity index (χ2v) is 4.78. The summed E-state index contributed by atoms with van der Waals surface area (Å²) in [4.78, 5) is 4.44. The molecule has 1 aromatic rings. The average Bonchev–Trinajstić information content (AvgIpc) is 2.97. The van der Waals surface area contributed by atoms with Gasteiger partial charge in [0.15, 0.2) is 0 Å². The van der Waals surface area contributed by atoms with E-state index in [0.717, 1.165) is 43.7 Å². The van der Waals surface area contributed by atoms with E-state index in [9.17, 15) is 5.11 Å². The number of nitrogens with zero attached hydrogens (tertiary/aromatic N) is 1. The molecule has 0 bridgehead atoms. The zero-order valence-corrected chi connectivity index (χ0v) is 9.41. The second kappa shape index (κ2) is 4.18. The first kappa shape index (κ1) is 10.3. The summed E-state index contributed by atoms with van der Waals surface area (Å²) in [7, 11) is 0. The smallest absolute Gasteiger partial charge is 0.225 e. The van der Waals surface area contributed by atoms with Crippen LogP contribution in [0.15, 0.2) is 4.42 Å². The minimum atomic E-state index is -0.576. The highest BCUT2D eigenvalue weighted by Gasteiger charge is 2.29. The number of aromatic nitrogens is 1. The summed E-state index contributed by atoms with van der Waals surface area (Å²) in [6.07, 6.45) is 5.91. The zero-order chi connectivity index (χ0) is 11.0. The van der Waals surface area contributed by atoms with Gasteiger partial charge in [0.2, 0.25) is 5.89 Å². The standard InChI is InChI=1S/C12H18N2O2/c15-11(9-5-3-7-13-9)12-14-8-4-1-2-6-10(8)16-12/h9,11,13,15H,1-7H2. The van der Waals surface area contributed by atoms with E-state index in [2.05, 4.69) is 10.3 Å². The van der Waals surface area contributed by atoms with Crippen LogP contribution >= 0.6 is 0 Å². The van der Waals surface area contributed by atoms with Crippen LogP contribution < -0.4 is 5.32 Å². The molecule has 2 atom stereocenters. The molecule has 1 aromatic heterocycles. The molecule has 4 heteroatoms. The normalized spacial score (nSPS) is 26.7. The van der Waals surface area contributed by atoms with Gasteiger partial charge in [-0.25, -0.2) is 4.98 Å². The summed E-state index contributed by atoms with van der Waals surface area (Å²) in [6, 6.07) is 0.125. The molecule has 3 rings (SSSR count). The van der Waals surface area contributed by atoms with Crippen LogP contribution in [0.4, 0.5) is 0 Å². The van der Waals surface area contributed by atoms with Gasteiger partial charge < -0.3 is 14.8 Å². The lowest BCUT2D eigenvalue weighted by atomic mass is 10.0. The van der Waals surface area contributed by atoms with Crippen LogP contribution in [0.2, 0.25) is 0 Å². The van der Waals surface area contributed by atoms with Crippen molar-refractivity contribution in [2.45, 2.75) is 50.7 Å². The van der Waals surface area contributed by atoms with Gasteiger partial charge in [0.25, 0.3) is 0 Å². The number of fused-ring (bicyclic) bond motifs is 1. The molecule has 4 nitrogen and oxygen atoms in total. The third kappa shape index (κ3) is 1.76. The van der Waals surface area contributed by atoms with Gasteiger partial charge in [-0.1, -0.05) is 0 Å². The Kier molecular flexibility index (Phi) is 2.69. The molecule has 2 heterocycles. The number of oxazole rings is 1. The van der Waals surface area contributed by atoms with E-state index in [1.54, 1.807) is 0 Å². The lowest BCUT2D eigenvalue weighted by Gasteiger charge is -2.14.